The first kappa shape index (κ1) is 14.2. The van der Waals surface area contributed by atoms with E-state index in [0.717, 1.165) is 12.8 Å². The van der Waals surface area contributed by atoms with Crippen molar-refractivity contribution in [1.82, 2.24) is 5.32 Å². The van der Waals surface area contributed by atoms with Gasteiger partial charge < -0.3 is 10.4 Å². The monoisotopic (exact) mass is 249 g/mol. The Hall–Kier alpha value is -1.84. The molecule has 4 heteroatoms. The van der Waals surface area contributed by atoms with Crippen LogP contribution in [0.15, 0.2) is 30.3 Å². The van der Waals surface area contributed by atoms with Crippen LogP contribution < -0.4 is 5.32 Å². The normalized spacial score (nSPS) is 13.7. The molecule has 1 amide bonds. The summed E-state index contributed by atoms with van der Waals surface area (Å²) >= 11 is 0. The third kappa shape index (κ3) is 3.87. The van der Waals surface area contributed by atoms with Gasteiger partial charge in [0.2, 0.25) is 5.91 Å². The first-order valence-corrected chi connectivity index (χ1v) is 6.14. The van der Waals surface area contributed by atoms with E-state index in [1.807, 2.05) is 19.9 Å². The lowest BCUT2D eigenvalue weighted by atomic mass is 10.0. The molecule has 1 aromatic rings. The highest BCUT2D eigenvalue weighted by atomic mass is 16.4. The molecular formula is C14H19NO3. The van der Waals surface area contributed by atoms with E-state index in [-0.39, 0.29) is 11.8 Å². The Morgan fingerprint density at radius 1 is 1.28 bits per heavy atom. The van der Waals surface area contributed by atoms with Gasteiger partial charge in [-0.1, -0.05) is 50.6 Å². The average Bonchev–Trinajstić information content (AvgIpc) is 2.36. The van der Waals surface area contributed by atoms with Crippen LogP contribution in [0.5, 0.6) is 0 Å². The molecule has 2 unspecified atom stereocenters. The Labute approximate surface area is 107 Å². The quantitative estimate of drug-likeness (QED) is 0.813. The summed E-state index contributed by atoms with van der Waals surface area (Å²) < 4.78 is 0. The number of aliphatic carboxylic acids is 1. The van der Waals surface area contributed by atoms with E-state index < -0.39 is 12.0 Å². The summed E-state index contributed by atoms with van der Waals surface area (Å²) in [5, 5.41) is 11.8. The van der Waals surface area contributed by atoms with Gasteiger partial charge >= 0.3 is 5.97 Å². The predicted octanol–water partition coefficient (Wildman–Crippen LogP) is 2.36. The second kappa shape index (κ2) is 6.79. The zero-order chi connectivity index (χ0) is 13.5. The molecular weight excluding hydrogens is 230 g/mol. The third-order valence-electron chi connectivity index (χ3n) is 2.84. The zero-order valence-electron chi connectivity index (χ0n) is 10.7. The van der Waals surface area contributed by atoms with Crippen LogP contribution in [-0.2, 0) is 9.59 Å². The van der Waals surface area contributed by atoms with E-state index in [1.165, 1.54) is 0 Å². The van der Waals surface area contributed by atoms with Crippen molar-refractivity contribution in [2.24, 2.45) is 5.92 Å². The van der Waals surface area contributed by atoms with Gasteiger partial charge in [-0.15, -0.1) is 0 Å². The van der Waals surface area contributed by atoms with Gasteiger partial charge in [0.25, 0.3) is 0 Å². The van der Waals surface area contributed by atoms with Gasteiger partial charge in [0.05, 0.1) is 0 Å². The number of carbonyl (C=O) groups is 2. The third-order valence-corrected chi connectivity index (χ3v) is 2.84. The molecule has 0 aliphatic carbocycles. The molecule has 0 spiro atoms. The number of benzene rings is 1. The zero-order valence-corrected chi connectivity index (χ0v) is 10.7. The summed E-state index contributed by atoms with van der Waals surface area (Å²) in [5.74, 6) is -1.42. The predicted molar refractivity (Wildman–Crippen MR) is 69.0 cm³/mol. The first-order chi connectivity index (χ1) is 8.56. The van der Waals surface area contributed by atoms with E-state index in [2.05, 4.69) is 5.32 Å². The van der Waals surface area contributed by atoms with Crippen LogP contribution in [-0.4, -0.2) is 17.0 Å². The van der Waals surface area contributed by atoms with Crippen molar-refractivity contribution >= 4 is 11.9 Å². The molecule has 0 saturated carbocycles. The second-order valence-corrected chi connectivity index (χ2v) is 4.38. The van der Waals surface area contributed by atoms with Crippen LogP contribution in [0.4, 0.5) is 0 Å². The Kier molecular flexibility index (Phi) is 5.36. The molecule has 0 heterocycles. The van der Waals surface area contributed by atoms with E-state index >= 15 is 0 Å². The lowest BCUT2D eigenvalue weighted by molar-refractivity contribution is -0.142. The SMILES string of the molecule is CCCC(C)C(=O)NC(C(=O)O)c1ccccc1. The molecule has 1 aromatic carbocycles. The van der Waals surface area contributed by atoms with Crippen LogP contribution in [0, 0.1) is 5.92 Å². The Bertz CT molecular complexity index is 403. The highest BCUT2D eigenvalue weighted by Gasteiger charge is 2.23. The van der Waals surface area contributed by atoms with E-state index in [9.17, 15) is 14.7 Å². The molecule has 18 heavy (non-hydrogen) atoms. The molecule has 2 N–H and O–H groups in total. The van der Waals surface area contributed by atoms with Crippen molar-refractivity contribution in [3.05, 3.63) is 35.9 Å². The molecule has 0 fully saturated rings. The molecule has 0 radical (unpaired) electrons. The molecule has 1 rings (SSSR count). The molecule has 0 aromatic heterocycles. The molecule has 98 valence electrons. The van der Waals surface area contributed by atoms with E-state index in [4.69, 9.17) is 0 Å². The van der Waals surface area contributed by atoms with Crippen LogP contribution in [0.3, 0.4) is 0 Å². The first-order valence-electron chi connectivity index (χ1n) is 6.14. The molecule has 0 saturated heterocycles. The fraction of sp³-hybridized carbons (Fsp3) is 0.429. The lowest BCUT2D eigenvalue weighted by Gasteiger charge is -2.17. The maximum atomic E-state index is 11.8. The second-order valence-electron chi connectivity index (χ2n) is 4.38. The number of amides is 1. The largest absolute Gasteiger partial charge is 0.479 e. The summed E-state index contributed by atoms with van der Waals surface area (Å²) in [5.41, 5.74) is 0.585. The molecule has 0 aliphatic heterocycles. The number of carbonyl (C=O) groups excluding carboxylic acids is 1. The Balaban J connectivity index is 2.76. The fourth-order valence-electron chi connectivity index (χ4n) is 1.78. The maximum absolute atomic E-state index is 11.8. The summed E-state index contributed by atoms with van der Waals surface area (Å²) in [7, 11) is 0. The standard InChI is InChI=1S/C14H19NO3/c1-3-7-10(2)13(16)15-12(14(17)18)11-8-5-4-6-9-11/h4-6,8-10,12H,3,7H2,1-2H3,(H,15,16)(H,17,18). The number of nitrogens with one attached hydrogen (secondary N) is 1. The minimum Gasteiger partial charge on any atom is -0.479 e. The van der Waals surface area contributed by atoms with Gasteiger partial charge in [-0.3, -0.25) is 4.79 Å². The van der Waals surface area contributed by atoms with E-state index in [0.29, 0.717) is 5.56 Å². The maximum Gasteiger partial charge on any atom is 0.330 e. The molecule has 0 aliphatic rings. The van der Waals surface area contributed by atoms with E-state index in [1.54, 1.807) is 24.3 Å². The van der Waals surface area contributed by atoms with Crippen LogP contribution in [0.2, 0.25) is 0 Å². The minimum absolute atomic E-state index is 0.166. The van der Waals surface area contributed by atoms with Crippen molar-refractivity contribution < 1.29 is 14.7 Å². The van der Waals surface area contributed by atoms with Crippen molar-refractivity contribution in [3.63, 3.8) is 0 Å². The van der Waals surface area contributed by atoms with Gasteiger partial charge in [-0.2, -0.15) is 0 Å². The molecule has 0 bridgehead atoms. The van der Waals surface area contributed by atoms with Crippen molar-refractivity contribution in [3.8, 4) is 0 Å². The smallest absolute Gasteiger partial charge is 0.330 e. The van der Waals surface area contributed by atoms with Crippen molar-refractivity contribution in [1.29, 1.82) is 0 Å². The summed E-state index contributed by atoms with van der Waals surface area (Å²) in [6.45, 7) is 3.80. The minimum atomic E-state index is -1.04. The Morgan fingerprint density at radius 3 is 2.39 bits per heavy atom. The number of rotatable bonds is 6. The fourth-order valence-corrected chi connectivity index (χ4v) is 1.78. The van der Waals surface area contributed by atoms with Crippen LogP contribution >= 0.6 is 0 Å². The van der Waals surface area contributed by atoms with Gasteiger partial charge in [0.1, 0.15) is 0 Å². The highest BCUT2D eigenvalue weighted by Crippen LogP contribution is 2.14. The lowest BCUT2D eigenvalue weighted by Crippen LogP contribution is -2.36. The number of carboxylic acid groups (broad SMARTS) is 1. The van der Waals surface area contributed by atoms with Crippen molar-refractivity contribution in [2.75, 3.05) is 0 Å². The average molecular weight is 249 g/mol. The van der Waals surface area contributed by atoms with Crippen LogP contribution in [0.1, 0.15) is 38.3 Å². The highest BCUT2D eigenvalue weighted by molar-refractivity contribution is 5.85. The number of carboxylic acids is 1. The topological polar surface area (TPSA) is 66.4 Å². The Morgan fingerprint density at radius 2 is 1.89 bits per heavy atom. The summed E-state index contributed by atoms with van der Waals surface area (Å²) in [4.78, 5) is 23.0. The molecule has 2 atom stereocenters. The van der Waals surface area contributed by atoms with Gasteiger partial charge in [-0.05, 0) is 12.0 Å². The van der Waals surface area contributed by atoms with Gasteiger partial charge in [0, 0.05) is 5.92 Å². The van der Waals surface area contributed by atoms with Gasteiger partial charge in [-0.25, -0.2) is 4.79 Å². The van der Waals surface area contributed by atoms with Gasteiger partial charge in [0.15, 0.2) is 6.04 Å². The van der Waals surface area contributed by atoms with Crippen molar-refractivity contribution in [2.45, 2.75) is 32.7 Å². The molecule has 4 nitrogen and oxygen atoms in total. The summed E-state index contributed by atoms with van der Waals surface area (Å²) in [6, 6.07) is 7.75. The number of hydrogen-bond acceptors (Lipinski definition) is 2. The van der Waals surface area contributed by atoms with Crippen LogP contribution in [0.25, 0.3) is 0 Å². The summed E-state index contributed by atoms with van der Waals surface area (Å²) in [6.07, 6.45) is 1.66. The number of hydrogen-bond donors (Lipinski definition) is 2.